The van der Waals surface area contributed by atoms with E-state index in [0.717, 1.165) is 36.9 Å². The SMILES string of the molecule is C=CCc1ccc(-c2nc(NCCCC)nc(C(=O)c3cccnc3)n2)cc1. The predicted molar refractivity (Wildman–Crippen MR) is 110 cm³/mol. The molecule has 0 amide bonds. The lowest BCUT2D eigenvalue weighted by molar-refractivity contribution is 0.102. The minimum absolute atomic E-state index is 0.104. The fourth-order valence-electron chi connectivity index (χ4n) is 2.65. The number of nitrogens with one attached hydrogen (secondary N) is 1. The van der Waals surface area contributed by atoms with Gasteiger partial charge in [-0.1, -0.05) is 43.7 Å². The molecular weight excluding hydrogens is 350 g/mol. The molecule has 6 heteroatoms. The Bertz CT molecular complexity index is 939. The number of hydrogen-bond donors (Lipinski definition) is 1. The van der Waals surface area contributed by atoms with E-state index in [9.17, 15) is 4.79 Å². The molecule has 0 aliphatic carbocycles. The van der Waals surface area contributed by atoms with Crippen molar-refractivity contribution < 1.29 is 4.79 Å². The van der Waals surface area contributed by atoms with E-state index >= 15 is 0 Å². The van der Waals surface area contributed by atoms with Crippen LogP contribution in [0.15, 0.2) is 61.4 Å². The Morgan fingerprint density at radius 2 is 1.96 bits per heavy atom. The number of pyridine rings is 1. The molecule has 2 heterocycles. The molecule has 2 aromatic heterocycles. The van der Waals surface area contributed by atoms with Gasteiger partial charge in [0.25, 0.3) is 0 Å². The number of benzene rings is 1. The number of carbonyl (C=O) groups is 1. The molecule has 3 aromatic rings. The average molecular weight is 373 g/mol. The minimum Gasteiger partial charge on any atom is -0.354 e. The standard InChI is InChI=1S/C22H23N5O/c1-3-5-14-24-22-26-20(17-11-9-16(7-4-2)10-12-17)25-21(27-22)19(28)18-8-6-13-23-15-18/h4,6,8-13,15H,2-3,5,7,14H2,1H3,(H,24,25,26,27). The Morgan fingerprint density at radius 1 is 1.14 bits per heavy atom. The van der Waals surface area contributed by atoms with Crippen LogP contribution in [0.1, 0.15) is 41.5 Å². The molecule has 0 radical (unpaired) electrons. The Balaban J connectivity index is 1.97. The van der Waals surface area contributed by atoms with Gasteiger partial charge < -0.3 is 5.32 Å². The van der Waals surface area contributed by atoms with Gasteiger partial charge >= 0.3 is 0 Å². The van der Waals surface area contributed by atoms with E-state index in [2.05, 4.69) is 38.8 Å². The van der Waals surface area contributed by atoms with Crippen LogP contribution in [0.3, 0.4) is 0 Å². The van der Waals surface area contributed by atoms with Crippen LogP contribution in [0.4, 0.5) is 5.95 Å². The van der Waals surface area contributed by atoms with Crippen LogP contribution >= 0.6 is 0 Å². The van der Waals surface area contributed by atoms with Gasteiger partial charge in [-0.2, -0.15) is 9.97 Å². The first-order chi connectivity index (χ1) is 13.7. The van der Waals surface area contributed by atoms with E-state index in [1.807, 2.05) is 30.3 Å². The van der Waals surface area contributed by atoms with Gasteiger partial charge in [0.2, 0.25) is 17.6 Å². The number of anilines is 1. The summed E-state index contributed by atoms with van der Waals surface area (Å²) in [6.07, 6.45) is 7.84. The number of ketones is 1. The van der Waals surface area contributed by atoms with E-state index in [0.29, 0.717) is 17.3 Å². The van der Waals surface area contributed by atoms with Crippen molar-refractivity contribution in [1.29, 1.82) is 0 Å². The van der Waals surface area contributed by atoms with Gasteiger partial charge in [0.15, 0.2) is 5.82 Å². The lowest BCUT2D eigenvalue weighted by Gasteiger charge is -2.09. The maximum atomic E-state index is 12.8. The molecule has 0 aliphatic heterocycles. The molecule has 1 aromatic carbocycles. The van der Waals surface area contributed by atoms with Gasteiger partial charge in [0.1, 0.15) is 0 Å². The summed E-state index contributed by atoms with van der Waals surface area (Å²) >= 11 is 0. The highest BCUT2D eigenvalue weighted by Gasteiger charge is 2.17. The summed E-state index contributed by atoms with van der Waals surface area (Å²) in [5.74, 6) is 0.693. The molecule has 0 fully saturated rings. The van der Waals surface area contributed by atoms with Gasteiger partial charge in [0, 0.05) is 30.1 Å². The van der Waals surface area contributed by atoms with Crippen molar-refractivity contribution >= 4 is 11.7 Å². The lowest BCUT2D eigenvalue weighted by Crippen LogP contribution is -2.14. The number of rotatable bonds is 9. The first-order valence-corrected chi connectivity index (χ1v) is 9.36. The Kier molecular flexibility index (Phi) is 6.57. The maximum absolute atomic E-state index is 12.8. The van der Waals surface area contributed by atoms with Gasteiger partial charge in [-0.25, -0.2) is 4.98 Å². The van der Waals surface area contributed by atoms with Crippen molar-refractivity contribution in [2.75, 3.05) is 11.9 Å². The van der Waals surface area contributed by atoms with Crippen molar-refractivity contribution in [1.82, 2.24) is 19.9 Å². The van der Waals surface area contributed by atoms with Gasteiger partial charge in [0.05, 0.1) is 0 Å². The highest BCUT2D eigenvalue weighted by molar-refractivity contribution is 6.06. The second-order valence-corrected chi connectivity index (χ2v) is 6.35. The van der Waals surface area contributed by atoms with Gasteiger partial charge in [-0.15, -0.1) is 6.58 Å². The second-order valence-electron chi connectivity index (χ2n) is 6.35. The quantitative estimate of drug-likeness (QED) is 0.345. The topological polar surface area (TPSA) is 80.7 Å². The summed E-state index contributed by atoms with van der Waals surface area (Å²) in [6, 6.07) is 11.3. The van der Waals surface area contributed by atoms with Crippen molar-refractivity contribution in [3.8, 4) is 11.4 Å². The van der Waals surface area contributed by atoms with Crippen molar-refractivity contribution in [2.45, 2.75) is 26.2 Å². The van der Waals surface area contributed by atoms with Crippen LogP contribution in [0.25, 0.3) is 11.4 Å². The Morgan fingerprint density at radius 3 is 2.64 bits per heavy atom. The number of aromatic nitrogens is 4. The summed E-state index contributed by atoms with van der Waals surface area (Å²) in [7, 11) is 0. The van der Waals surface area contributed by atoms with Crippen LogP contribution in [-0.2, 0) is 6.42 Å². The second kappa shape index (κ2) is 9.50. The molecule has 0 aliphatic rings. The fraction of sp³-hybridized carbons (Fsp3) is 0.227. The fourth-order valence-corrected chi connectivity index (χ4v) is 2.65. The minimum atomic E-state index is -0.279. The zero-order valence-electron chi connectivity index (χ0n) is 15.9. The van der Waals surface area contributed by atoms with Gasteiger partial charge in [-0.05, 0) is 30.5 Å². The summed E-state index contributed by atoms with van der Waals surface area (Å²) in [5.41, 5.74) is 2.43. The summed E-state index contributed by atoms with van der Waals surface area (Å²) in [5, 5.41) is 3.19. The Labute approximate surface area is 164 Å². The molecular formula is C22H23N5O. The highest BCUT2D eigenvalue weighted by atomic mass is 16.1. The maximum Gasteiger partial charge on any atom is 0.231 e. The Hall–Kier alpha value is -3.41. The first kappa shape index (κ1) is 19.4. The van der Waals surface area contributed by atoms with Crippen LogP contribution in [0.5, 0.6) is 0 Å². The third kappa shape index (κ3) is 4.85. The number of allylic oxidation sites excluding steroid dienone is 1. The van der Waals surface area contributed by atoms with E-state index in [1.165, 1.54) is 6.20 Å². The first-order valence-electron chi connectivity index (χ1n) is 9.36. The van der Waals surface area contributed by atoms with E-state index in [1.54, 1.807) is 18.3 Å². The lowest BCUT2D eigenvalue weighted by atomic mass is 10.1. The molecule has 3 rings (SSSR count). The van der Waals surface area contributed by atoms with Crippen LogP contribution in [0, 0.1) is 0 Å². The molecule has 0 bridgehead atoms. The zero-order valence-corrected chi connectivity index (χ0v) is 15.9. The number of nitrogens with zero attached hydrogens (tertiary/aromatic N) is 4. The molecule has 0 saturated heterocycles. The van der Waals surface area contributed by atoms with Crippen LogP contribution in [-0.4, -0.2) is 32.3 Å². The van der Waals surface area contributed by atoms with E-state index < -0.39 is 0 Å². The molecule has 0 atom stereocenters. The van der Waals surface area contributed by atoms with E-state index in [4.69, 9.17) is 0 Å². The van der Waals surface area contributed by atoms with Gasteiger partial charge in [-0.3, -0.25) is 9.78 Å². The average Bonchev–Trinajstić information content (AvgIpc) is 2.74. The predicted octanol–water partition coefficient (Wildman–Crippen LogP) is 4.11. The molecule has 142 valence electrons. The summed E-state index contributed by atoms with van der Waals surface area (Å²) in [6.45, 7) is 6.61. The van der Waals surface area contributed by atoms with Crippen LogP contribution in [0.2, 0.25) is 0 Å². The van der Waals surface area contributed by atoms with Crippen molar-refractivity contribution in [3.05, 3.63) is 78.4 Å². The molecule has 0 spiro atoms. The molecule has 28 heavy (non-hydrogen) atoms. The van der Waals surface area contributed by atoms with E-state index in [-0.39, 0.29) is 11.6 Å². The highest BCUT2D eigenvalue weighted by Crippen LogP contribution is 2.19. The molecule has 6 nitrogen and oxygen atoms in total. The molecule has 0 saturated carbocycles. The normalized spacial score (nSPS) is 10.5. The van der Waals surface area contributed by atoms with Crippen molar-refractivity contribution in [3.63, 3.8) is 0 Å². The number of hydrogen-bond acceptors (Lipinski definition) is 6. The molecule has 1 N–H and O–H groups in total. The summed E-state index contributed by atoms with van der Waals surface area (Å²) < 4.78 is 0. The van der Waals surface area contributed by atoms with Crippen LogP contribution < -0.4 is 5.32 Å². The monoisotopic (exact) mass is 373 g/mol. The number of unbranched alkanes of at least 4 members (excludes halogenated alkanes) is 1. The third-order valence-electron chi connectivity index (χ3n) is 4.17. The molecule has 0 unspecified atom stereocenters. The third-order valence-corrected chi connectivity index (χ3v) is 4.17. The zero-order chi connectivity index (χ0) is 19.8. The largest absolute Gasteiger partial charge is 0.354 e. The van der Waals surface area contributed by atoms with Crippen molar-refractivity contribution in [2.24, 2.45) is 0 Å². The smallest absolute Gasteiger partial charge is 0.231 e. The number of carbonyl (C=O) groups excluding carboxylic acids is 1. The summed E-state index contributed by atoms with van der Waals surface area (Å²) in [4.78, 5) is 30.1.